The van der Waals surface area contributed by atoms with E-state index < -0.39 is 5.60 Å². The summed E-state index contributed by atoms with van der Waals surface area (Å²) in [6, 6.07) is 0. The van der Waals surface area contributed by atoms with Gasteiger partial charge in [0.05, 0.1) is 18.5 Å². The van der Waals surface area contributed by atoms with Crippen LogP contribution in [-0.2, 0) is 4.74 Å². The molecule has 0 aliphatic carbocycles. The van der Waals surface area contributed by atoms with Crippen molar-refractivity contribution in [2.45, 2.75) is 39.7 Å². The first-order valence-corrected chi connectivity index (χ1v) is 4.15. The summed E-state index contributed by atoms with van der Waals surface area (Å²) in [5, 5.41) is 10.0. The minimum absolute atomic E-state index is 0.158. The lowest BCUT2D eigenvalue weighted by molar-refractivity contribution is -0.0486. The van der Waals surface area contributed by atoms with Gasteiger partial charge in [-0.05, 0) is 12.3 Å². The van der Waals surface area contributed by atoms with E-state index in [0.717, 1.165) is 0 Å². The molecule has 0 aliphatic heterocycles. The Morgan fingerprint density at radius 2 is 1.75 bits per heavy atom. The lowest BCUT2D eigenvalue weighted by Gasteiger charge is -2.37. The molecule has 0 amide bonds. The van der Waals surface area contributed by atoms with Crippen LogP contribution in [0.1, 0.15) is 34.1 Å². The van der Waals surface area contributed by atoms with Crippen LogP contribution in [-0.4, -0.2) is 17.8 Å². The van der Waals surface area contributed by atoms with Crippen molar-refractivity contribution in [3.05, 3.63) is 12.3 Å². The second-order valence-electron chi connectivity index (χ2n) is 4.44. The van der Waals surface area contributed by atoms with Crippen LogP contribution in [0.2, 0.25) is 0 Å². The third kappa shape index (κ3) is 2.86. The highest BCUT2D eigenvalue weighted by atomic mass is 16.5. The zero-order chi connectivity index (χ0) is 9.99. The van der Waals surface area contributed by atoms with Gasteiger partial charge in [0.15, 0.2) is 0 Å². The molecule has 0 saturated carbocycles. The Morgan fingerprint density at radius 3 is 2.00 bits per heavy atom. The molecule has 0 fully saturated rings. The summed E-state index contributed by atoms with van der Waals surface area (Å²) in [5.74, 6) is 0.620. The molecule has 0 rings (SSSR count). The number of rotatable bonds is 3. The van der Waals surface area contributed by atoms with Crippen molar-refractivity contribution in [3.63, 3.8) is 0 Å². The van der Waals surface area contributed by atoms with Crippen LogP contribution in [0.3, 0.4) is 0 Å². The van der Waals surface area contributed by atoms with E-state index in [1.807, 2.05) is 20.8 Å². The number of aliphatic hydroxyl groups is 1. The van der Waals surface area contributed by atoms with Crippen molar-refractivity contribution in [2.75, 3.05) is 7.11 Å². The molecule has 72 valence electrons. The van der Waals surface area contributed by atoms with Gasteiger partial charge in [0.1, 0.15) is 0 Å². The van der Waals surface area contributed by atoms with Crippen LogP contribution in [0.4, 0.5) is 0 Å². The summed E-state index contributed by atoms with van der Waals surface area (Å²) >= 11 is 0. The molecule has 0 radical (unpaired) electrons. The van der Waals surface area contributed by atoms with Gasteiger partial charge in [0.2, 0.25) is 0 Å². The van der Waals surface area contributed by atoms with Crippen LogP contribution in [0.5, 0.6) is 0 Å². The molecule has 2 nitrogen and oxygen atoms in total. The normalized spacial score (nSPS) is 16.8. The van der Waals surface area contributed by atoms with Gasteiger partial charge in [-0.15, -0.1) is 0 Å². The first kappa shape index (κ1) is 11.5. The van der Waals surface area contributed by atoms with E-state index in [1.54, 1.807) is 14.0 Å². The van der Waals surface area contributed by atoms with Gasteiger partial charge in [-0.25, -0.2) is 0 Å². The van der Waals surface area contributed by atoms with E-state index in [4.69, 9.17) is 4.74 Å². The van der Waals surface area contributed by atoms with Gasteiger partial charge in [-0.1, -0.05) is 27.4 Å². The van der Waals surface area contributed by atoms with E-state index in [0.29, 0.717) is 12.2 Å². The summed E-state index contributed by atoms with van der Waals surface area (Å²) in [5.41, 5.74) is -0.922. The molecule has 1 unspecified atom stereocenters. The Labute approximate surface area is 75.2 Å². The fourth-order valence-electron chi connectivity index (χ4n) is 0.721. The van der Waals surface area contributed by atoms with Crippen LogP contribution < -0.4 is 0 Å². The van der Waals surface area contributed by atoms with Gasteiger partial charge >= 0.3 is 0 Å². The van der Waals surface area contributed by atoms with E-state index in [-0.39, 0.29) is 5.41 Å². The fourth-order valence-corrected chi connectivity index (χ4v) is 0.721. The molecular weight excluding hydrogens is 152 g/mol. The quantitative estimate of drug-likeness (QED) is 0.662. The molecule has 2 heteroatoms. The van der Waals surface area contributed by atoms with Gasteiger partial charge < -0.3 is 9.84 Å². The molecule has 0 aliphatic rings. The molecule has 1 atom stereocenters. The van der Waals surface area contributed by atoms with Gasteiger partial charge in [0.25, 0.3) is 0 Å². The minimum atomic E-state index is -0.764. The van der Waals surface area contributed by atoms with Gasteiger partial charge in [0, 0.05) is 6.42 Å². The molecule has 0 bridgehead atoms. The molecule has 0 saturated heterocycles. The van der Waals surface area contributed by atoms with Crippen molar-refractivity contribution in [3.8, 4) is 0 Å². The number of methoxy groups -OCH3 is 1. The molecule has 0 aromatic rings. The second-order valence-corrected chi connectivity index (χ2v) is 4.44. The average Bonchev–Trinajstić information content (AvgIpc) is 1.84. The molecule has 0 spiro atoms. The fraction of sp³-hybridized carbons (Fsp3) is 0.800. The standard InChI is InChI=1S/C10H20O2/c1-8(12-6)7-10(5,11)9(2,3)4/h11H,1,7H2,2-6H3. The molecular formula is C10H20O2. The Morgan fingerprint density at radius 1 is 1.33 bits per heavy atom. The largest absolute Gasteiger partial charge is 0.502 e. The van der Waals surface area contributed by atoms with E-state index >= 15 is 0 Å². The van der Waals surface area contributed by atoms with E-state index in [2.05, 4.69) is 6.58 Å². The first-order chi connectivity index (χ1) is 5.20. The summed E-state index contributed by atoms with van der Waals surface area (Å²) in [4.78, 5) is 0. The SMILES string of the molecule is C=C(CC(C)(O)C(C)(C)C)OC. The van der Waals surface area contributed by atoms with Gasteiger partial charge in [-0.2, -0.15) is 0 Å². The third-order valence-corrected chi connectivity index (χ3v) is 2.45. The van der Waals surface area contributed by atoms with E-state index in [9.17, 15) is 5.11 Å². The average molecular weight is 172 g/mol. The Balaban J connectivity index is 4.33. The molecule has 0 aromatic heterocycles. The molecule has 0 heterocycles. The van der Waals surface area contributed by atoms with Gasteiger partial charge in [-0.3, -0.25) is 0 Å². The highest BCUT2D eigenvalue weighted by molar-refractivity contribution is 4.97. The van der Waals surface area contributed by atoms with Crippen LogP contribution in [0.25, 0.3) is 0 Å². The summed E-state index contributed by atoms with van der Waals surface area (Å²) in [6.45, 7) is 11.5. The summed E-state index contributed by atoms with van der Waals surface area (Å²) < 4.78 is 4.93. The lowest BCUT2D eigenvalue weighted by atomic mass is 9.75. The van der Waals surface area contributed by atoms with Crippen molar-refractivity contribution in [1.29, 1.82) is 0 Å². The van der Waals surface area contributed by atoms with Crippen molar-refractivity contribution in [1.82, 2.24) is 0 Å². The minimum Gasteiger partial charge on any atom is -0.502 e. The van der Waals surface area contributed by atoms with Crippen molar-refractivity contribution < 1.29 is 9.84 Å². The van der Waals surface area contributed by atoms with Crippen LogP contribution in [0.15, 0.2) is 12.3 Å². The Bertz CT molecular complexity index is 163. The summed E-state index contributed by atoms with van der Waals surface area (Å²) in [7, 11) is 1.57. The second kappa shape index (κ2) is 3.48. The van der Waals surface area contributed by atoms with E-state index in [1.165, 1.54) is 0 Å². The Kier molecular flexibility index (Phi) is 3.34. The number of hydrogen-bond acceptors (Lipinski definition) is 2. The smallest absolute Gasteiger partial charge is 0.0912 e. The molecule has 0 aromatic carbocycles. The predicted molar refractivity (Wildman–Crippen MR) is 50.8 cm³/mol. The number of hydrogen-bond donors (Lipinski definition) is 1. The van der Waals surface area contributed by atoms with Crippen molar-refractivity contribution >= 4 is 0 Å². The first-order valence-electron chi connectivity index (χ1n) is 4.15. The molecule has 1 N–H and O–H groups in total. The number of ether oxygens (including phenoxy) is 1. The predicted octanol–water partition coefficient (Wildman–Crippen LogP) is 2.33. The Hall–Kier alpha value is -0.500. The monoisotopic (exact) mass is 172 g/mol. The lowest BCUT2D eigenvalue weighted by Crippen LogP contribution is -2.40. The zero-order valence-electron chi connectivity index (χ0n) is 8.77. The third-order valence-electron chi connectivity index (χ3n) is 2.45. The van der Waals surface area contributed by atoms with Crippen LogP contribution >= 0.6 is 0 Å². The maximum atomic E-state index is 10.0. The topological polar surface area (TPSA) is 29.5 Å². The zero-order valence-corrected chi connectivity index (χ0v) is 8.77. The van der Waals surface area contributed by atoms with Crippen LogP contribution in [0, 0.1) is 5.41 Å². The van der Waals surface area contributed by atoms with Crippen molar-refractivity contribution in [2.24, 2.45) is 5.41 Å². The highest BCUT2D eigenvalue weighted by Gasteiger charge is 2.35. The maximum absolute atomic E-state index is 10.0. The maximum Gasteiger partial charge on any atom is 0.0912 e. The molecule has 12 heavy (non-hydrogen) atoms. The highest BCUT2D eigenvalue weighted by Crippen LogP contribution is 2.34. The summed E-state index contributed by atoms with van der Waals surface area (Å²) in [6.07, 6.45) is 0.479.